The Morgan fingerprint density at radius 1 is 0.966 bits per heavy atom. The van der Waals surface area contributed by atoms with Crippen LogP contribution in [-0.4, -0.2) is 59.4 Å². The molecular formula is C22H21N3O4. The van der Waals surface area contributed by atoms with E-state index in [1.165, 1.54) is 5.56 Å². The Labute approximate surface area is 167 Å². The van der Waals surface area contributed by atoms with Gasteiger partial charge in [-0.15, -0.1) is 0 Å². The van der Waals surface area contributed by atoms with Crippen LogP contribution in [0.3, 0.4) is 0 Å². The molecular weight excluding hydrogens is 370 g/mol. The zero-order valence-electron chi connectivity index (χ0n) is 15.9. The van der Waals surface area contributed by atoms with Crippen molar-refractivity contribution in [2.24, 2.45) is 0 Å². The molecule has 29 heavy (non-hydrogen) atoms. The first-order chi connectivity index (χ1) is 14.2. The fourth-order valence-corrected chi connectivity index (χ4v) is 3.91. The van der Waals surface area contributed by atoms with Crippen LogP contribution in [0.2, 0.25) is 0 Å². The van der Waals surface area contributed by atoms with Gasteiger partial charge in [0, 0.05) is 50.4 Å². The number of rotatable bonds is 4. The second kappa shape index (κ2) is 7.25. The van der Waals surface area contributed by atoms with Crippen molar-refractivity contribution in [3.8, 4) is 11.5 Å². The Kier molecular flexibility index (Phi) is 4.44. The number of ketones is 1. The van der Waals surface area contributed by atoms with Gasteiger partial charge in [0.05, 0.1) is 11.1 Å². The first-order valence-electron chi connectivity index (χ1n) is 9.69. The molecule has 2 aliphatic heterocycles. The molecule has 0 saturated carbocycles. The molecule has 7 heteroatoms. The number of piperazine rings is 1. The maximum Gasteiger partial charge on any atom is 0.295 e. The van der Waals surface area contributed by atoms with Crippen LogP contribution in [0.15, 0.2) is 48.7 Å². The lowest BCUT2D eigenvalue weighted by molar-refractivity contribution is -0.128. The standard InChI is InChI=1S/C22H21N3O4/c26-21(17-12-23-18-11-20-19(10-16(17)18)28-14-29-20)22(27)25-8-6-24(7-9-25)13-15-4-2-1-3-5-15/h1-5,10-12,23H,6-9,13-14H2. The molecule has 1 fully saturated rings. The zero-order chi connectivity index (χ0) is 19.8. The van der Waals surface area contributed by atoms with Gasteiger partial charge in [-0.1, -0.05) is 30.3 Å². The van der Waals surface area contributed by atoms with Gasteiger partial charge in [0.25, 0.3) is 11.7 Å². The Morgan fingerprint density at radius 3 is 2.45 bits per heavy atom. The third-order valence-electron chi connectivity index (χ3n) is 5.52. The largest absolute Gasteiger partial charge is 0.454 e. The third kappa shape index (κ3) is 3.34. The molecule has 148 valence electrons. The molecule has 0 radical (unpaired) electrons. The maximum atomic E-state index is 12.9. The fraction of sp³-hybridized carbons (Fsp3) is 0.273. The number of aromatic amines is 1. The zero-order valence-corrected chi connectivity index (χ0v) is 15.9. The minimum Gasteiger partial charge on any atom is -0.454 e. The molecule has 1 N–H and O–H groups in total. The fourth-order valence-electron chi connectivity index (χ4n) is 3.91. The molecule has 2 aliphatic rings. The Bertz CT molecular complexity index is 1070. The summed E-state index contributed by atoms with van der Waals surface area (Å²) in [7, 11) is 0. The van der Waals surface area contributed by atoms with E-state index in [-0.39, 0.29) is 6.79 Å². The van der Waals surface area contributed by atoms with Gasteiger partial charge in [-0.3, -0.25) is 14.5 Å². The van der Waals surface area contributed by atoms with Gasteiger partial charge in [0.2, 0.25) is 6.79 Å². The summed E-state index contributed by atoms with van der Waals surface area (Å²) < 4.78 is 10.8. The van der Waals surface area contributed by atoms with E-state index in [0.717, 1.165) is 25.2 Å². The lowest BCUT2D eigenvalue weighted by Crippen LogP contribution is -2.50. The van der Waals surface area contributed by atoms with Crippen LogP contribution < -0.4 is 9.47 Å². The number of ether oxygens (including phenoxy) is 2. The lowest BCUT2D eigenvalue weighted by atomic mass is 10.1. The van der Waals surface area contributed by atoms with Crippen molar-refractivity contribution in [2.75, 3.05) is 33.0 Å². The molecule has 3 aromatic rings. The summed E-state index contributed by atoms with van der Waals surface area (Å²) in [6.07, 6.45) is 1.59. The number of carbonyl (C=O) groups is 2. The molecule has 0 unspecified atom stereocenters. The van der Waals surface area contributed by atoms with Crippen molar-refractivity contribution in [2.45, 2.75) is 6.54 Å². The van der Waals surface area contributed by atoms with Crippen molar-refractivity contribution in [1.82, 2.24) is 14.8 Å². The Morgan fingerprint density at radius 2 is 1.69 bits per heavy atom. The first kappa shape index (κ1) is 17.8. The van der Waals surface area contributed by atoms with Crippen LogP contribution in [0.25, 0.3) is 10.9 Å². The van der Waals surface area contributed by atoms with E-state index in [1.54, 1.807) is 23.2 Å². The highest BCUT2D eigenvalue weighted by molar-refractivity contribution is 6.44. The van der Waals surface area contributed by atoms with Crippen LogP contribution in [0.5, 0.6) is 11.5 Å². The number of amides is 1. The summed E-state index contributed by atoms with van der Waals surface area (Å²) in [5.74, 6) is 0.280. The van der Waals surface area contributed by atoms with Gasteiger partial charge in [-0.25, -0.2) is 0 Å². The number of nitrogens with zero attached hydrogens (tertiary/aromatic N) is 2. The van der Waals surface area contributed by atoms with Crippen molar-refractivity contribution in [1.29, 1.82) is 0 Å². The average Bonchev–Trinajstić information content (AvgIpc) is 3.38. The summed E-state index contributed by atoms with van der Waals surface area (Å²) in [5, 5.41) is 0.676. The van der Waals surface area contributed by atoms with E-state index in [0.29, 0.717) is 35.5 Å². The number of hydrogen-bond donors (Lipinski definition) is 1. The van der Waals surface area contributed by atoms with Gasteiger partial charge in [0.1, 0.15) is 0 Å². The van der Waals surface area contributed by atoms with E-state index in [1.807, 2.05) is 18.2 Å². The number of nitrogens with one attached hydrogen (secondary N) is 1. The summed E-state index contributed by atoms with van der Waals surface area (Å²) in [6, 6.07) is 13.8. The smallest absolute Gasteiger partial charge is 0.295 e. The highest BCUT2D eigenvalue weighted by atomic mass is 16.7. The minimum atomic E-state index is -0.494. The predicted octanol–water partition coefficient (Wildman–Crippen LogP) is 2.42. The minimum absolute atomic E-state index is 0.164. The summed E-state index contributed by atoms with van der Waals surface area (Å²) >= 11 is 0. The van der Waals surface area contributed by atoms with E-state index >= 15 is 0 Å². The highest BCUT2D eigenvalue weighted by Crippen LogP contribution is 2.37. The second-order valence-electron chi connectivity index (χ2n) is 7.34. The number of H-pyrrole nitrogens is 1. The van der Waals surface area contributed by atoms with Gasteiger partial charge in [-0.2, -0.15) is 0 Å². The number of Topliss-reactive ketones (excluding diaryl/α,β-unsaturated/α-hetero) is 1. The van der Waals surface area contributed by atoms with Crippen molar-refractivity contribution in [3.05, 3.63) is 59.8 Å². The summed E-state index contributed by atoms with van der Waals surface area (Å²) in [5.41, 5.74) is 2.37. The molecule has 0 bridgehead atoms. The molecule has 2 aromatic carbocycles. The molecule has 7 nitrogen and oxygen atoms in total. The van der Waals surface area contributed by atoms with Crippen molar-refractivity contribution in [3.63, 3.8) is 0 Å². The first-order valence-corrected chi connectivity index (χ1v) is 9.69. The third-order valence-corrected chi connectivity index (χ3v) is 5.52. The predicted molar refractivity (Wildman–Crippen MR) is 107 cm³/mol. The molecule has 3 heterocycles. The normalized spacial score (nSPS) is 16.3. The number of fused-ring (bicyclic) bond motifs is 2. The number of aromatic nitrogens is 1. The maximum absolute atomic E-state index is 12.9. The topological polar surface area (TPSA) is 74.9 Å². The van der Waals surface area contributed by atoms with E-state index in [9.17, 15) is 9.59 Å². The highest BCUT2D eigenvalue weighted by Gasteiger charge is 2.29. The van der Waals surface area contributed by atoms with Crippen molar-refractivity contribution >= 4 is 22.6 Å². The number of hydrogen-bond acceptors (Lipinski definition) is 5. The number of benzene rings is 2. The van der Waals surface area contributed by atoms with Crippen LogP contribution >= 0.6 is 0 Å². The van der Waals surface area contributed by atoms with Crippen LogP contribution in [-0.2, 0) is 11.3 Å². The lowest BCUT2D eigenvalue weighted by Gasteiger charge is -2.34. The SMILES string of the molecule is O=C(C(=O)N1CCN(Cc2ccccc2)CC1)c1c[nH]c2cc3c(cc12)OCO3. The summed E-state index contributed by atoms with van der Waals surface area (Å²) in [6.45, 7) is 3.61. The van der Waals surface area contributed by atoms with Gasteiger partial charge in [-0.05, 0) is 11.6 Å². The molecule has 1 saturated heterocycles. The monoisotopic (exact) mass is 391 g/mol. The Balaban J connectivity index is 1.27. The Hall–Kier alpha value is -3.32. The van der Waals surface area contributed by atoms with E-state index in [2.05, 4.69) is 22.0 Å². The molecule has 0 spiro atoms. The van der Waals surface area contributed by atoms with Crippen LogP contribution in [0.4, 0.5) is 0 Å². The van der Waals surface area contributed by atoms with Crippen molar-refractivity contribution < 1.29 is 19.1 Å². The molecule has 5 rings (SSSR count). The van der Waals surface area contributed by atoms with Gasteiger partial charge < -0.3 is 19.4 Å². The quantitative estimate of drug-likeness (QED) is 0.546. The molecule has 0 atom stereocenters. The van der Waals surface area contributed by atoms with Gasteiger partial charge >= 0.3 is 0 Å². The van der Waals surface area contributed by atoms with Crippen LogP contribution in [0, 0.1) is 0 Å². The number of carbonyl (C=O) groups excluding carboxylic acids is 2. The second-order valence-corrected chi connectivity index (χ2v) is 7.34. The molecule has 0 aliphatic carbocycles. The average molecular weight is 391 g/mol. The van der Waals surface area contributed by atoms with Crippen LogP contribution in [0.1, 0.15) is 15.9 Å². The van der Waals surface area contributed by atoms with Gasteiger partial charge in [0.15, 0.2) is 11.5 Å². The van der Waals surface area contributed by atoms with E-state index < -0.39 is 11.7 Å². The summed E-state index contributed by atoms with van der Waals surface area (Å²) in [4.78, 5) is 32.7. The molecule has 1 amide bonds. The molecule has 1 aromatic heterocycles. The van der Waals surface area contributed by atoms with E-state index in [4.69, 9.17) is 9.47 Å².